The number of phenols is 1. The van der Waals surface area contributed by atoms with Gasteiger partial charge in [-0.2, -0.15) is 0 Å². The highest BCUT2D eigenvalue weighted by molar-refractivity contribution is 9.13. The summed E-state index contributed by atoms with van der Waals surface area (Å²) >= 11 is 7.62. The van der Waals surface area contributed by atoms with Crippen LogP contribution in [0.15, 0.2) is 44.2 Å². The summed E-state index contributed by atoms with van der Waals surface area (Å²) in [7, 11) is 0. The van der Waals surface area contributed by atoms with E-state index < -0.39 is 0 Å². The van der Waals surface area contributed by atoms with E-state index in [-0.39, 0.29) is 23.4 Å². The molecule has 1 aliphatic heterocycles. The second kappa shape index (κ2) is 8.71. The predicted molar refractivity (Wildman–Crippen MR) is 117 cm³/mol. The minimum absolute atomic E-state index is 0.0293. The molecule has 0 radical (unpaired) electrons. The normalized spacial score (nSPS) is 15.6. The number of carbonyl (C=O) groups is 2. The molecule has 2 aromatic carbocycles. The van der Waals surface area contributed by atoms with Crippen LogP contribution in [0, 0.1) is 6.92 Å². The molecule has 5 nitrogen and oxygen atoms in total. The van der Waals surface area contributed by atoms with Crippen LogP contribution in [0.2, 0.25) is 0 Å². The van der Waals surface area contributed by atoms with Crippen molar-refractivity contribution in [2.75, 3.05) is 6.61 Å². The molecule has 0 bridgehead atoms. The Morgan fingerprint density at radius 3 is 2.50 bits per heavy atom. The zero-order valence-corrected chi connectivity index (χ0v) is 19.2. The molecule has 0 unspecified atom stereocenters. The Bertz CT molecular complexity index is 973. The number of aromatic hydroxyl groups is 1. The van der Waals surface area contributed by atoms with Crippen molar-refractivity contribution < 1.29 is 19.4 Å². The summed E-state index contributed by atoms with van der Waals surface area (Å²) in [5.74, 6) is -0.0781. The van der Waals surface area contributed by atoms with Gasteiger partial charge in [0.25, 0.3) is 11.1 Å². The topological polar surface area (TPSA) is 66.8 Å². The maximum absolute atomic E-state index is 12.8. The van der Waals surface area contributed by atoms with Crippen molar-refractivity contribution >= 4 is 60.8 Å². The molecular weight excluding hydrogens is 510 g/mol. The molecule has 146 valence electrons. The van der Waals surface area contributed by atoms with Crippen LogP contribution in [-0.2, 0) is 11.3 Å². The summed E-state index contributed by atoms with van der Waals surface area (Å²) in [6.45, 7) is 4.41. The highest BCUT2D eigenvalue weighted by Crippen LogP contribution is 2.44. The van der Waals surface area contributed by atoms with Gasteiger partial charge in [0.15, 0.2) is 11.5 Å². The largest absolute Gasteiger partial charge is 0.503 e. The van der Waals surface area contributed by atoms with Crippen molar-refractivity contribution in [2.24, 2.45) is 0 Å². The van der Waals surface area contributed by atoms with Crippen LogP contribution >= 0.6 is 43.6 Å². The SMILES string of the molecule is CCOc1cc(/C=C2\SC(=O)N(Cc3ccc(C)cc3)C2=O)c(Br)c(Br)c1O. The number of thioether (sulfide) groups is 1. The third kappa shape index (κ3) is 4.29. The maximum Gasteiger partial charge on any atom is 0.293 e. The fraction of sp³-hybridized carbons (Fsp3) is 0.200. The fourth-order valence-corrected chi connectivity index (χ4v) is 4.31. The summed E-state index contributed by atoms with van der Waals surface area (Å²) in [5, 5.41) is 9.85. The van der Waals surface area contributed by atoms with Crippen molar-refractivity contribution in [3.05, 3.63) is 60.9 Å². The molecule has 2 aromatic rings. The van der Waals surface area contributed by atoms with Crippen LogP contribution in [0.1, 0.15) is 23.6 Å². The van der Waals surface area contributed by atoms with E-state index in [2.05, 4.69) is 31.9 Å². The van der Waals surface area contributed by atoms with Crippen LogP contribution < -0.4 is 4.74 Å². The number of hydrogen-bond acceptors (Lipinski definition) is 5. The van der Waals surface area contributed by atoms with Crippen molar-refractivity contribution in [3.8, 4) is 11.5 Å². The van der Waals surface area contributed by atoms with Crippen LogP contribution in [0.3, 0.4) is 0 Å². The number of nitrogens with zero attached hydrogens (tertiary/aromatic N) is 1. The van der Waals surface area contributed by atoms with Crippen molar-refractivity contribution in [3.63, 3.8) is 0 Å². The lowest BCUT2D eigenvalue weighted by molar-refractivity contribution is -0.123. The molecule has 1 fully saturated rings. The summed E-state index contributed by atoms with van der Waals surface area (Å²) in [4.78, 5) is 26.7. The van der Waals surface area contributed by atoms with Gasteiger partial charge in [0.05, 0.1) is 22.5 Å². The fourth-order valence-electron chi connectivity index (χ4n) is 2.64. The Labute approximate surface area is 184 Å². The van der Waals surface area contributed by atoms with Crippen LogP contribution in [0.4, 0.5) is 4.79 Å². The first kappa shape index (κ1) is 21.0. The lowest BCUT2D eigenvalue weighted by atomic mass is 10.1. The second-order valence-corrected chi connectivity index (χ2v) is 8.71. The van der Waals surface area contributed by atoms with E-state index in [9.17, 15) is 14.7 Å². The number of ether oxygens (including phenoxy) is 1. The van der Waals surface area contributed by atoms with Gasteiger partial charge < -0.3 is 9.84 Å². The zero-order chi connectivity index (χ0) is 20.4. The van der Waals surface area contributed by atoms with Crippen molar-refractivity contribution in [2.45, 2.75) is 20.4 Å². The van der Waals surface area contributed by atoms with Gasteiger partial charge in [-0.1, -0.05) is 29.8 Å². The van der Waals surface area contributed by atoms with Gasteiger partial charge in [-0.15, -0.1) is 0 Å². The average molecular weight is 527 g/mol. The summed E-state index contributed by atoms with van der Waals surface area (Å²) in [5.41, 5.74) is 2.63. The number of rotatable bonds is 5. The third-order valence-electron chi connectivity index (χ3n) is 4.10. The Morgan fingerprint density at radius 1 is 1.18 bits per heavy atom. The molecule has 0 aromatic heterocycles. The number of carbonyl (C=O) groups excluding carboxylic acids is 2. The molecule has 0 atom stereocenters. The minimum atomic E-state index is -0.343. The number of hydrogen-bond donors (Lipinski definition) is 1. The molecule has 3 rings (SSSR count). The van der Waals surface area contributed by atoms with Gasteiger partial charge in [-0.05, 0) is 80.7 Å². The summed E-state index contributed by atoms with van der Waals surface area (Å²) in [6, 6.07) is 9.34. The highest BCUT2D eigenvalue weighted by Gasteiger charge is 2.35. The smallest absolute Gasteiger partial charge is 0.293 e. The molecule has 0 aliphatic carbocycles. The first-order chi connectivity index (χ1) is 13.3. The Hall–Kier alpha value is -1.77. The molecule has 28 heavy (non-hydrogen) atoms. The zero-order valence-electron chi connectivity index (χ0n) is 15.2. The number of benzene rings is 2. The number of halogens is 2. The number of imide groups is 1. The van der Waals surface area contributed by atoms with Crippen molar-refractivity contribution in [1.82, 2.24) is 4.90 Å². The highest BCUT2D eigenvalue weighted by atomic mass is 79.9. The average Bonchev–Trinajstić information content (AvgIpc) is 2.93. The van der Waals surface area contributed by atoms with E-state index in [1.807, 2.05) is 38.1 Å². The monoisotopic (exact) mass is 525 g/mol. The van der Waals surface area contributed by atoms with Gasteiger partial charge in [-0.3, -0.25) is 14.5 Å². The van der Waals surface area contributed by atoms with Crippen molar-refractivity contribution in [1.29, 1.82) is 0 Å². The summed E-state index contributed by atoms with van der Waals surface area (Å²) in [6.07, 6.45) is 1.62. The first-order valence-corrected chi connectivity index (χ1v) is 10.9. The number of phenolic OH excluding ortho intramolecular Hbond substituents is 1. The van der Waals surface area contributed by atoms with E-state index in [1.165, 1.54) is 4.90 Å². The van der Waals surface area contributed by atoms with E-state index in [0.29, 0.717) is 31.8 Å². The third-order valence-corrected chi connectivity index (χ3v) is 7.16. The van der Waals surface area contributed by atoms with Gasteiger partial charge in [0.1, 0.15) is 0 Å². The predicted octanol–water partition coefficient (Wildman–Crippen LogP) is 5.86. The Morgan fingerprint density at radius 2 is 1.86 bits per heavy atom. The lowest BCUT2D eigenvalue weighted by Crippen LogP contribution is -2.27. The molecular formula is C20H17Br2NO4S. The number of amides is 2. The van der Waals surface area contributed by atoms with Gasteiger partial charge in [-0.25, -0.2) is 0 Å². The van der Waals surface area contributed by atoms with Crippen LogP contribution in [0.25, 0.3) is 6.08 Å². The molecule has 0 spiro atoms. The number of aryl methyl sites for hydroxylation is 1. The van der Waals surface area contributed by atoms with E-state index >= 15 is 0 Å². The Kier molecular flexibility index (Phi) is 6.52. The minimum Gasteiger partial charge on any atom is -0.503 e. The molecule has 2 amide bonds. The molecule has 1 saturated heterocycles. The summed E-state index contributed by atoms with van der Waals surface area (Å²) < 4.78 is 6.42. The maximum atomic E-state index is 12.8. The Balaban J connectivity index is 1.90. The molecule has 8 heteroatoms. The van der Waals surface area contributed by atoms with E-state index in [1.54, 1.807) is 12.1 Å². The van der Waals surface area contributed by atoms with Gasteiger partial charge in [0.2, 0.25) is 0 Å². The molecule has 1 heterocycles. The first-order valence-electron chi connectivity index (χ1n) is 8.46. The quantitative estimate of drug-likeness (QED) is 0.494. The van der Waals surface area contributed by atoms with E-state index in [4.69, 9.17) is 4.74 Å². The lowest BCUT2D eigenvalue weighted by Gasteiger charge is -2.13. The van der Waals surface area contributed by atoms with Gasteiger partial charge in [0, 0.05) is 4.47 Å². The molecule has 0 saturated carbocycles. The standard InChI is InChI=1S/C20H17Br2NO4S/c1-3-27-14-8-13(16(21)17(22)18(14)24)9-15-19(25)23(20(26)28-15)10-12-6-4-11(2)5-7-12/h4-9,24H,3,10H2,1-2H3/b15-9-. The van der Waals surface area contributed by atoms with Gasteiger partial charge >= 0.3 is 0 Å². The second-order valence-electron chi connectivity index (χ2n) is 6.13. The van der Waals surface area contributed by atoms with E-state index in [0.717, 1.165) is 22.9 Å². The molecule has 1 N–H and O–H groups in total. The van der Waals surface area contributed by atoms with Crippen LogP contribution in [0.5, 0.6) is 11.5 Å². The molecule has 1 aliphatic rings. The van der Waals surface area contributed by atoms with Crippen LogP contribution in [-0.4, -0.2) is 27.8 Å².